The number of nitrogens with one attached hydrogen (secondary N) is 1. The van der Waals surface area contributed by atoms with Crippen LogP contribution < -0.4 is 11.1 Å². The Morgan fingerprint density at radius 3 is 2.53 bits per heavy atom. The number of rotatable bonds is 4. The Hall–Kier alpha value is -1.88. The molecule has 3 N–H and O–H groups in total. The largest absolute Gasteiger partial charge is 0.347 e. The zero-order chi connectivity index (χ0) is 12.7. The van der Waals surface area contributed by atoms with E-state index in [-0.39, 0.29) is 0 Å². The van der Waals surface area contributed by atoms with Gasteiger partial charge in [0, 0.05) is 26.7 Å². The standard InChI is InChI=1S/C12H17N3O2/c1-15(9-10-5-3-2-4-6-10)12(17)11(16)14-8-7-13/h2-6H,7-9,13H2,1H3,(H,14,16). The number of nitrogens with two attached hydrogens (primary N) is 1. The quantitative estimate of drug-likeness (QED) is 0.705. The Labute approximate surface area is 101 Å². The SMILES string of the molecule is CN(Cc1ccccc1)C(=O)C(=O)NCCN. The van der Waals surface area contributed by atoms with Crippen LogP contribution in [0.3, 0.4) is 0 Å². The van der Waals surface area contributed by atoms with Gasteiger partial charge in [0.15, 0.2) is 0 Å². The maximum atomic E-state index is 11.6. The van der Waals surface area contributed by atoms with Crippen LogP contribution in [0.4, 0.5) is 0 Å². The Morgan fingerprint density at radius 1 is 1.29 bits per heavy atom. The highest BCUT2D eigenvalue weighted by atomic mass is 16.2. The molecule has 5 heteroatoms. The zero-order valence-electron chi connectivity index (χ0n) is 9.85. The van der Waals surface area contributed by atoms with Crippen molar-refractivity contribution in [3.05, 3.63) is 35.9 Å². The van der Waals surface area contributed by atoms with Crippen LogP contribution in [-0.2, 0) is 16.1 Å². The van der Waals surface area contributed by atoms with Gasteiger partial charge in [-0.25, -0.2) is 0 Å². The fourth-order valence-corrected chi connectivity index (χ4v) is 1.36. The van der Waals surface area contributed by atoms with E-state index in [1.807, 2.05) is 30.3 Å². The topological polar surface area (TPSA) is 75.4 Å². The molecule has 1 aromatic carbocycles. The fourth-order valence-electron chi connectivity index (χ4n) is 1.36. The van der Waals surface area contributed by atoms with Crippen LogP contribution in [0, 0.1) is 0 Å². The summed E-state index contributed by atoms with van der Waals surface area (Å²) in [4.78, 5) is 24.4. The normalized spacial score (nSPS) is 9.76. The van der Waals surface area contributed by atoms with E-state index >= 15 is 0 Å². The summed E-state index contributed by atoms with van der Waals surface area (Å²) in [5, 5.41) is 2.44. The molecule has 92 valence electrons. The molecule has 0 radical (unpaired) electrons. The maximum Gasteiger partial charge on any atom is 0.311 e. The highest BCUT2D eigenvalue weighted by Crippen LogP contribution is 2.02. The van der Waals surface area contributed by atoms with Crippen molar-refractivity contribution in [2.75, 3.05) is 20.1 Å². The highest BCUT2D eigenvalue weighted by molar-refractivity contribution is 6.34. The summed E-state index contributed by atoms with van der Waals surface area (Å²) in [6.45, 7) is 1.04. The van der Waals surface area contributed by atoms with E-state index in [0.29, 0.717) is 19.6 Å². The third-order valence-electron chi connectivity index (χ3n) is 2.23. The Balaban J connectivity index is 2.50. The summed E-state index contributed by atoms with van der Waals surface area (Å²) in [6, 6.07) is 9.49. The lowest BCUT2D eigenvalue weighted by atomic mass is 10.2. The molecule has 0 saturated heterocycles. The van der Waals surface area contributed by atoms with Crippen molar-refractivity contribution < 1.29 is 9.59 Å². The zero-order valence-corrected chi connectivity index (χ0v) is 9.85. The van der Waals surface area contributed by atoms with E-state index in [4.69, 9.17) is 5.73 Å². The first kappa shape index (κ1) is 13.2. The molecule has 1 aromatic rings. The molecule has 0 fully saturated rings. The van der Waals surface area contributed by atoms with Gasteiger partial charge in [0.1, 0.15) is 0 Å². The van der Waals surface area contributed by atoms with E-state index in [9.17, 15) is 9.59 Å². The van der Waals surface area contributed by atoms with Crippen LogP contribution in [0.2, 0.25) is 0 Å². The van der Waals surface area contributed by atoms with Crippen LogP contribution in [0.5, 0.6) is 0 Å². The van der Waals surface area contributed by atoms with Gasteiger partial charge in [-0.3, -0.25) is 9.59 Å². The van der Waals surface area contributed by atoms with E-state index in [0.717, 1.165) is 5.56 Å². The molecule has 0 spiro atoms. The maximum absolute atomic E-state index is 11.6. The molecule has 2 amide bonds. The van der Waals surface area contributed by atoms with Gasteiger partial charge in [0.05, 0.1) is 0 Å². The molecule has 0 bridgehead atoms. The van der Waals surface area contributed by atoms with Crippen LogP contribution in [0.1, 0.15) is 5.56 Å². The molecule has 0 aromatic heterocycles. The minimum absolute atomic E-state index is 0.309. The second-order valence-electron chi connectivity index (χ2n) is 3.69. The molecule has 0 saturated carbocycles. The predicted octanol–water partition coefficient (Wildman–Crippen LogP) is -0.280. The van der Waals surface area contributed by atoms with Gasteiger partial charge in [-0.15, -0.1) is 0 Å². The van der Waals surface area contributed by atoms with E-state index in [1.165, 1.54) is 4.90 Å². The van der Waals surface area contributed by atoms with Gasteiger partial charge in [-0.05, 0) is 5.56 Å². The fraction of sp³-hybridized carbons (Fsp3) is 0.333. The third-order valence-corrected chi connectivity index (χ3v) is 2.23. The monoisotopic (exact) mass is 235 g/mol. The van der Waals surface area contributed by atoms with Crippen molar-refractivity contribution in [3.8, 4) is 0 Å². The minimum Gasteiger partial charge on any atom is -0.347 e. The van der Waals surface area contributed by atoms with Crippen molar-refractivity contribution in [2.45, 2.75) is 6.54 Å². The van der Waals surface area contributed by atoms with Crippen LogP contribution in [-0.4, -0.2) is 36.9 Å². The Kier molecular flexibility index (Phi) is 5.16. The number of nitrogens with zero attached hydrogens (tertiary/aromatic N) is 1. The first-order valence-corrected chi connectivity index (χ1v) is 5.42. The van der Waals surface area contributed by atoms with Gasteiger partial charge < -0.3 is 16.0 Å². The van der Waals surface area contributed by atoms with Crippen LogP contribution in [0.15, 0.2) is 30.3 Å². The lowest BCUT2D eigenvalue weighted by Crippen LogP contribution is -2.42. The Morgan fingerprint density at radius 2 is 1.94 bits per heavy atom. The van der Waals surface area contributed by atoms with Crippen molar-refractivity contribution in [2.24, 2.45) is 5.73 Å². The number of likely N-dealkylation sites (N-methyl/N-ethyl adjacent to an activating group) is 1. The second kappa shape index (κ2) is 6.65. The lowest BCUT2D eigenvalue weighted by Gasteiger charge is -2.16. The third kappa shape index (κ3) is 4.24. The molecule has 0 aliphatic heterocycles. The highest BCUT2D eigenvalue weighted by Gasteiger charge is 2.17. The molecule has 0 unspecified atom stereocenters. The first-order valence-electron chi connectivity index (χ1n) is 5.42. The van der Waals surface area contributed by atoms with E-state index < -0.39 is 11.8 Å². The second-order valence-corrected chi connectivity index (χ2v) is 3.69. The molecule has 0 heterocycles. The predicted molar refractivity (Wildman–Crippen MR) is 65.0 cm³/mol. The summed E-state index contributed by atoms with van der Waals surface area (Å²) < 4.78 is 0. The smallest absolute Gasteiger partial charge is 0.311 e. The Bertz CT molecular complexity index is 379. The molecule has 5 nitrogen and oxygen atoms in total. The van der Waals surface area contributed by atoms with E-state index in [2.05, 4.69) is 5.32 Å². The summed E-state index contributed by atoms with van der Waals surface area (Å²) in [7, 11) is 1.59. The number of carbonyl (C=O) groups is 2. The number of carbonyl (C=O) groups excluding carboxylic acids is 2. The van der Waals surface area contributed by atoms with Crippen molar-refractivity contribution >= 4 is 11.8 Å². The number of amides is 2. The van der Waals surface area contributed by atoms with Crippen molar-refractivity contribution in [1.29, 1.82) is 0 Å². The van der Waals surface area contributed by atoms with E-state index in [1.54, 1.807) is 7.05 Å². The molecular weight excluding hydrogens is 218 g/mol. The minimum atomic E-state index is -0.617. The van der Waals surface area contributed by atoms with Gasteiger partial charge in [0.25, 0.3) is 0 Å². The molecule has 0 atom stereocenters. The van der Waals surface area contributed by atoms with Gasteiger partial charge >= 0.3 is 11.8 Å². The van der Waals surface area contributed by atoms with Crippen LogP contribution in [0.25, 0.3) is 0 Å². The molecule has 0 aliphatic carbocycles. The summed E-state index contributed by atoms with van der Waals surface area (Å²) in [5.74, 6) is -1.17. The summed E-state index contributed by atoms with van der Waals surface area (Å²) >= 11 is 0. The molecule has 0 aliphatic rings. The van der Waals surface area contributed by atoms with Gasteiger partial charge in [-0.1, -0.05) is 30.3 Å². The number of benzene rings is 1. The molecule has 1 rings (SSSR count). The average molecular weight is 235 g/mol. The van der Waals surface area contributed by atoms with Crippen molar-refractivity contribution in [1.82, 2.24) is 10.2 Å². The number of hydrogen-bond donors (Lipinski definition) is 2. The van der Waals surface area contributed by atoms with Crippen molar-refractivity contribution in [3.63, 3.8) is 0 Å². The summed E-state index contributed by atoms with van der Waals surface area (Å²) in [6.07, 6.45) is 0. The molecular formula is C12H17N3O2. The van der Waals surface area contributed by atoms with Gasteiger partial charge in [-0.2, -0.15) is 0 Å². The first-order chi connectivity index (χ1) is 8.15. The molecule has 17 heavy (non-hydrogen) atoms. The van der Waals surface area contributed by atoms with Crippen LogP contribution >= 0.6 is 0 Å². The summed E-state index contributed by atoms with van der Waals surface area (Å²) in [5.41, 5.74) is 6.22. The number of hydrogen-bond acceptors (Lipinski definition) is 3. The average Bonchev–Trinajstić information content (AvgIpc) is 2.36. The lowest BCUT2D eigenvalue weighted by molar-refractivity contribution is -0.145. The van der Waals surface area contributed by atoms with Gasteiger partial charge in [0.2, 0.25) is 0 Å².